The second-order valence-electron chi connectivity index (χ2n) is 3.86. The number of amides is 1. The number of hydrogen-bond donors (Lipinski definition) is 2. The summed E-state index contributed by atoms with van der Waals surface area (Å²) in [5.74, 6) is 0.403. The van der Waals surface area contributed by atoms with Gasteiger partial charge in [0.05, 0.1) is 6.54 Å². The Hall–Kier alpha value is -2.14. The molecule has 98 valence electrons. The number of anilines is 1. The molecule has 0 saturated heterocycles. The van der Waals surface area contributed by atoms with Gasteiger partial charge in [-0.1, -0.05) is 41.9 Å². The number of carbonyl (C=O) groups excluding carboxylic acids is 1. The highest BCUT2D eigenvalue weighted by Gasteiger charge is 2.02. The van der Waals surface area contributed by atoms with Crippen molar-refractivity contribution in [3.63, 3.8) is 0 Å². The molecule has 2 N–H and O–H groups in total. The summed E-state index contributed by atoms with van der Waals surface area (Å²) in [5, 5.41) is 13.5. The molecule has 0 aliphatic carbocycles. The summed E-state index contributed by atoms with van der Waals surface area (Å²) in [4.78, 5) is 11.6. The number of halogens is 1. The number of carbonyl (C=O) groups is 1. The van der Waals surface area contributed by atoms with E-state index in [9.17, 15) is 4.79 Å². The first-order valence-electron chi connectivity index (χ1n) is 5.78. The summed E-state index contributed by atoms with van der Waals surface area (Å²) < 4.78 is 0. The Morgan fingerprint density at radius 3 is 2.58 bits per heavy atom. The summed E-state index contributed by atoms with van der Waals surface area (Å²) >= 11 is 5.61. The van der Waals surface area contributed by atoms with Crippen LogP contribution >= 0.6 is 11.6 Å². The molecule has 1 heterocycles. The van der Waals surface area contributed by atoms with Crippen molar-refractivity contribution in [3.8, 4) is 0 Å². The van der Waals surface area contributed by atoms with E-state index in [1.54, 1.807) is 12.1 Å². The van der Waals surface area contributed by atoms with Gasteiger partial charge in [0, 0.05) is 6.54 Å². The van der Waals surface area contributed by atoms with Gasteiger partial charge in [-0.3, -0.25) is 4.79 Å². The van der Waals surface area contributed by atoms with Gasteiger partial charge in [0.1, 0.15) is 5.82 Å². The van der Waals surface area contributed by atoms with Gasteiger partial charge >= 0.3 is 0 Å². The molecule has 0 bridgehead atoms. The Kier molecular flexibility index (Phi) is 4.69. The number of aromatic nitrogens is 2. The summed E-state index contributed by atoms with van der Waals surface area (Å²) in [7, 11) is 0. The van der Waals surface area contributed by atoms with Crippen LogP contribution in [0.15, 0.2) is 42.5 Å². The average Bonchev–Trinajstić information content (AvgIpc) is 2.45. The Balaban J connectivity index is 1.74. The Bertz CT molecular complexity index is 530. The third-order valence-electron chi connectivity index (χ3n) is 2.39. The molecule has 19 heavy (non-hydrogen) atoms. The molecule has 0 saturated carbocycles. The highest BCUT2D eigenvalue weighted by Crippen LogP contribution is 2.05. The van der Waals surface area contributed by atoms with Gasteiger partial charge in [0.25, 0.3) is 0 Å². The van der Waals surface area contributed by atoms with Crippen molar-refractivity contribution < 1.29 is 4.79 Å². The summed E-state index contributed by atoms with van der Waals surface area (Å²) in [5.41, 5.74) is 1.06. The molecule has 0 fully saturated rings. The standard InChI is InChI=1S/C13H13ClN4O/c14-11-6-7-12(18-17-11)15-9-13(19)16-8-10-4-2-1-3-5-10/h1-7H,8-9H2,(H,15,18)(H,16,19). The van der Waals surface area contributed by atoms with E-state index in [2.05, 4.69) is 20.8 Å². The molecule has 1 aromatic carbocycles. The van der Waals surface area contributed by atoms with Crippen LogP contribution < -0.4 is 10.6 Å². The fraction of sp³-hybridized carbons (Fsp3) is 0.154. The second-order valence-corrected chi connectivity index (χ2v) is 4.24. The monoisotopic (exact) mass is 276 g/mol. The zero-order valence-corrected chi connectivity index (χ0v) is 10.9. The van der Waals surface area contributed by atoms with Crippen molar-refractivity contribution in [2.45, 2.75) is 6.54 Å². The maximum Gasteiger partial charge on any atom is 0.239 e. The predicted octanol–water partition coefficient (Wildman–Crippen LogP) is 1.86. The third-order valence-corrected chi connectivity index (χ3v) is 2.60. The molecule has 0 spiro atoms. The first kappa shape index (κ1) is 13.3. The smallest absolute Gasteiger partial charge is 0.239 e. The maximum atomic E-state index is 11.6. The molecule has 0 radical (unpaired) electrons. The molecule has 2 aromatic rings. The first-order valence-corrected chi connectivity index (χ1v) is 6.15. The van der Waals surface area contributed by atoms with Crippen LogP contribution in [0.2, 0.25) is 5.15 Å². The van der Waals surface area contributed by atoms with Crippen LogP contribution in [0.4, 0.5) is 5.82 Å². The average molecular weight is 277 g/mol. The van der Waals surface area contributed by atoms with Crippen molar-refractivity contribution in [2.24, 2.45) is 0 Å². The predicted molar refractivity (Wildman–Crippen MR) is 73.8 cm³/mol. The molecule has 0 aliphatic rings. The zero-order chi connectivity index (χ0) is 13.5. The van der Waals surface area contributed by atoms with Crippen LogP contribution in [0, 0.1) is 0 Å². The van der Waals surface area contributed by atoms with Crippen molar-refractivity contribution in [3.05, 3.63) is 53.2 Å². The van der Waals surface area contributed by atoms with E-state index in [-0.39, 0.29) is 12.5 Å². The summed E-state index contributed by atoms with van der Waals surface area (Å²) in [6, 6.07) is 13.0. The molecule has 1 amide bonds. The Morgan fingerprint density at radius 2 is 1.89 bits per heavy atom. The lowest BCUT2D eigenvalue weighted by atomic mass is 10.2. The fourth-order valence-corrected chi connectivity index (χ4v) is 1.54. The zero-order valence-electron chi connectivity index (χ0n) is 10.1. The number of benzene rings is 1. The lowest BCUT2D eigenvalue weighted by molar-refractivity contribution is -0.119. The molecule has 1 aromatic heterocycles. The van der Waals surface area contributed by atoms with Crippen LogP contribution in [0.3, 0.4) is 0 Å². The van der Waals surface area contributed by atoms with Gasteiger partial charge in [0.15, 0.2) is 5.15 Å². The van der Waals surface area contributed by atoms with Crippen molar-refractivity contribution >= 4 is 23.3 Å². The topological polar surface area (TPSA) is 66.9 Å². The second kappa shape index (κ2) is 6.70. The summed E-state index contributed by atoms with van der Waals surface area (Å²) in [6.07, 6.45) is 0. The van der Waals surface area contributed by atoms with E-state index in [0.29, 0.717) is 17.5 Å². The minimum atomic E-state index is -0.111. The highest BCUT2D eigenvalue weighted by molar-refractivity contribution is 6.29. The van der Waals surface area contributed by atoms with E-state index < -0.39 is 0 Å². The molecule has 0 aliphatic heterocycles. The molecule has 0 atom stereocenters. The minimum Gasteiger partial charge on any atom is -0.360 e. The van der Waals surface area contributed by atoms with Crippen molar-refractivity contribution in [1.82, 2.24) is 15.5 Å². The van der Waals surface area contributed by atoms with Crippen LogP contribution in [-0.4, -0.2) is 22.6 Å². The molecule has 6 heteroatoms. The van der Waals surface area contributed by atoms with Crippen molar-refractivity contribution in [2.75, 3.05) is 11.9 Å². The van der Waals surface area contributed by atoms with E-state index in [1.165, 1.54) is 0 Å². The first-order chi connectivity index (χ1) is 9.24. The quantitative estimate of drug-likeness (QED) is 0.875. The van der Waals surface area contributed by atoms with E-state index >= 15 is 0 Å². The summed E-state index contributed by atoms with van der Waals surface area (Å²) in [6.45, 7) is 0.650. The maximum absolute atomic E-state index is 11.6. The minimum absolute atomic E-state index is 0.111. The van der Waals surface area contributed by atoms with Gasteiger partial charge < -0.3 is 10.6 Å². The van der Waals surface area contributed by atoms with E-state index in [0.717, 1.165) is 5.56 Å². The highest BCUT2D eigenvalue weighted by atomic mass is 35.5. The molecule has 2 rings (SSSR count). The van der Waals surface area contributed by atoms with Crippen LogP contribution in [0.25, 0.3) is 0 Å². The van der Waals surface area contributed by atoms with Crippen LogP contribution in [-0.2, 0) is 11.3 Å². The Morgan fingerprint density at radius 1 is 1.11 bits per heavy atom. The molecular formula is C13H13ClN4O. The SMILES string of the molecule is O=C(CNc1ccc(Cl)nn1)NCc1ccccc1. The molecule has 0 unspecified atom stereocenters. The number of rotatable bonds is 5. The largest absolute Gasteiger partial charge is 0.360 e. The molecule has 5 nitrogen and oxygen atoms in total. The van der Waals surface area contributed by atoms with Gasteiger partial charge in [-0.15, -0.1) is 10.2 Å². The third kappa shape index (κ3) is 4.56. The van der Waals surface area contributed by atoms with Crippen LogP contribution in [0.1, 0.15) is 5.56 Å². The van der Waals surface area contributed by atoms with E-state index in [1.807, 2.05) is 30.3 Å². The normalized spacial score (nSPS) is 9.95. The van der Waals surface area contributed by atoms with Gasteiger partial charge in [-0.05, 0) is 17.7 Å². The van der Waals surface area contributed by atoms with Gasteiger partial charge in [-0.25, -0.2) is 0 Å². The lowest BCUT2D eigenvalue weighted by Gasteiger charge is -2.06. The number of nitrogens with one attached hydrogen (secondary N) is 2. The number of hydrogen-bond acceptors (Lipinski definition) is 4. The Labute approximate surface area is 116 Å². The van der Waals surface area contributed by atoms with Crippen molar-refractivity contribution in [1.29, 1.82) is 0 Å². The van der Waals surface area contributed by atoms with Gasteiger partial charge in [0.2, 0.25) is 5.91 Å². The number of nitrogens with zero attached hydrogens (tertiary/aromatic N) is 2. The fourth-order valence-electron chi connectivity index (χ4n) is 1.44. The molecular weight excluding hydrogens is 264 g/mol. The van der Waals surface area contributed by atoms with Gasteiger partial charge in [-0.2, -0.15) is 0 Å². The van der Waals surface area contributed by atoms with E-state index in [4.69, 9.17) is 11.6 Å². The lowest BCUT2D eigenvalue weighted by Crippen LogP contribution is -2.29. The van der Waals surface area contributed by atoms with Crippen LogP contribution in [0.5, 0.6) is 0 Å².